The van der Waals surface area contributed by atoms with Crippen LogP contribution >= 0.6 is 0 Å². The average molecular weight is 346 g/mol. The Morgan fingerprint density at radius 3 is 1.54 bits per heavy atom. The van der Waals surface area contributed by atoms with Crippen LogP contribution in [0.3, 0.4) is 0 Å². The van der Waals surface area contributed by atoms with Crippen LogP contribution in [0, 0.1) is 0 Å². The molecule has 0 bridgehead atoms. The molecule has 0 unspecified atom stereocenters. The Balaban J connectivity index is 1.43. The van der Waals surface area contributed by atoms with Gasteiger partial charge in [-0.3, -0.25) is 9.59 Å². The largest absolute Gasteiger partial charge is 0.310 e. The van der Waals surface area contributed by atoms with E-state index in [1.165, 1.54) is 0 Å². The van der Waals surface area contributed by atoms with Crippen LogP contribution in [0.25, 0.3) is 21.8 Å². The fraction of sp³-hybridized carbons (Fsp3) is 0.200. The highest BCUT2D eigenvalue weighted by atomic mass is 16.1. The highest BCUT2D eigenvalue weighted by Crippen LogP contribution is 2.10. The number of aryl methyl sites for hydroxylation is 2. The first-order valence-corrected chi connectivity index (χ1v) is 8.66. The number of hydrogen-bond acceptors (Lipinski definition) is 4. The van der Waals surface area contributed by atoms with Gasteiger partial charge in [-0.05, 0) is 37.1 Å². The van der Waals surface area contributed by atoms with Crippen molar-refractivity contribution in [2.24, 2.45) is 0 Å². The summed E-state index contributed by atoms with van der Waals surface area (Å²) in [5, 5.41) is 1.21. The molecule has 4 rings (SSSR count). The predicted octanol–water partition coefficient (Wildman–Crippen LogP) is 2.73. The van der Waals surface area contributed by atoms with Gasteiger partial charge >= 0.3 is 0 Å². The van der Waals surface area contributed by atoms with Gasteiger partial charge in [0.2, 0.25) is 0 Å². The van der Waals surface area contributed by atoms with E-state index in [2.05, 4.69) is 19.9 Å². The van der Waals surface area contributed by atoms with Crippen molar-refractivity contribution in [3.05, 3.63) is 80.9 Å². The maximum atomic E-state index is 12.1. The molecule has 6 nitrogen and oxygen atoms in total. The maximum absolute atomic E-state index is 12.1. The van der Waals surface area contributed by atoms with Gasteiger partial charge in [-0.15, -0.1) is 0 Å². The molecule has 0 aliphatic carbocycles. The molecule has 0 amide bonds. The first-order chi connectivity index (χ1) is 12.7. The number of H-pyrrole nitrogens is 2. The lowest BCUT2D eigenvalue weighted by molar-refractivity contribution is 0.687. The topological polar surface area (TPSA) is 91.5 Å². The van der Waals surface area contributed by atoms with Crippen LogP contribution in [-0.2, 0) is 12.8 Å². The van der Waals surface area contributed by atoms with Crippen molar-refractivity contribution < 1.29 is 0 Å². The summed E-state index contributed by atoms with van der Waals surface area (Å²) >= 11 is 0. The molecule has 0 saturated carbocycles. The summed E-state index contributed by atoms with van der Waals surface area (Å²) in [6.45, 7) is 0. The van der Waals surface area contributed by atoms with Crippen LogP contribution in [0.5, 0.6) is 0 Å². The average Bonchev–Trinajstić information content (AvgIpc) is 2.65. The van der Waals surface area contributed by atoms with Gasteiger partial charge in [-0.2, -0.15) is 0 Å². The molecule has 130 valence electrons. The molecule has 2 heterocycles. The number of aromatic nitrogens is 4. The van der Waals surface area contributed by atoms with Crippen molar-refractivity contribution in [1.29, 1.82) is 0 Å². The zero-order valence-electron chi connectivity index (χ0n) is 14.2. The Morgan fingerprint density at radius 2 is 1.08 bits per heavy atom. The minimum Gasteiger partial charge on any atom is -0.310 e. The molecular formula is C20H18N4O2. The maximum Gasteiger partial charge on any atom is 0.258 e. The van der Waals surface area contributed by atoms with E-state index in [1.807, 2.05) is 36.4 Å². The van der Waals surface area contributed by atoms with E-state index in [-0.39, 0.29) is 11.1 Å². The predicted molar refractivity (Wildman–Crippen MR) is 101 cm³/mol. The van der Waals surface area contributed by atoms with E-state index in [0.29, 0.717) is 46.3 Å². The van der Waals surface area contributed by atoms with Gasteiger partial charge in [0, 0.05) is 12.8 Å². The summed E-state index contributed by atoms with van der Waals surface area (Å²) in [7, 11) is 0. The summed E-state index contributed by atoms with van der Waals surface area (Å²) in [5.41, 5.74) is 1.22. The Hall–Kier alpha value is -3.28. The van der Waals surface area contributed by atoms with Crippen molar-refractivity contribution in [3.8, 4) is 0 Å². The van der Waals surface area contributed by atoms with Gasteiger partial charge in [-0.1, -0.05) is 24.3 Å². The summed E-state index contributed by atoms with van der Waals surface area (Å²) in [4.78, 5) is 38.8. The molecule has 0 atom stereocenters. The van der Waals surface area contributed by atoms with Gasteiger partial charge in [0.15, 0.2) is 0 Å². The second-order valence-corrected chi connectivity index (χ2v) is 6.27. The normalized spacial score (nSPS) is 11.2. The highest BCUT2D eigenvalue weighted by molar-refractivity contribution is 5.77. The number of benzene rings is 2. The molecule has 0 saturated heterocycles. The molecule has 0 aliphatic heterocycles. The van der Waals surface area contributed by atoms with Crippen LogP contribution in [-0.4, -0.2) is 19.9 Å². The number of aromatic amines is 2. The summed E-state index contributed by atoms with van der Waals surface area (Å²) in [5.74, 6) is 1.38. The van der Waals surface area contributed by atoms with Crippen LogP contribution in [0.4, 0.5) is 0 Å². The highest BCUT2D eigenvalue weighted by Gasteiger charge is 2.05. The summed E-state index contributed by atoms with van der Waals surface area (Å²) < 4.78 is 0. The molecule has 0 spiro atoms. The van der Waals surface area contributed by atoms with Crippen molar-refractivity contribution in [2.75, 3.05) is 0 Å². The summed E-state index contributed by atoms with van der Waals surface area (Å²) in [6, 6.07) is 14.6. The van der Waals surface area contributed by atoms with Crippen LogP contribution in [0.1, 0.15) is 24.5 Å². The molecule has 0 aliphatic rings. The summed E-state index contributed by atoms with van der Waals surface area (Å²) in [6.07, 6.45) is 3.05. The number of hydrogen-bond donors (Lipinski definition) is 2. The molecular weight excluding hydrogens is 328 g/mol. The van der Waals surface area contributed by atoms with Gasteiger partial charge in [-0.25, -0.2) is 9.97 Å². The molecule has 6 heteroatoms. The van der Waals surface area contributed by atoms with E-state index < -0.39 is 0 Å². The van der Waals surface area contributed by atoms with E-state index in [0.717, 1.165) is 12.8 Å². The fourth-order valence-electron chi connectivity index (χ4n) is 3.09. The third kappa shape index (κ3) is 3.26. The van der Waals surface area contributed by atoms with Gasteiger partial charge in [0.05, 0.1) is 21.8 Å². The Kier molecular flexibility index (Phi) is 4.31. The monoisotopic (exact) mass is 346 g/mol. The van der Waals surface area contributed by atoms with Crippen LogP contribution in [0.15, 0.2) is 58.1 Å². The van der Waals surface area contributed by atoms with Crippen LogP contribution in [0.2, 0.25) is 0 Å². The second kappa shape index (κ2) is 6.92. The van der Waals surface area contributed by atoms with E-state index in [4.69, 9.17) is 0 Å². The number of nitrogens with zero attached hydrogens (tertiary/aromatic N) is 2. The van der Waals surface area contributed by atoms with Crippen molar-refractivity contribution in [3.63, 3.8) is 0 Å². The third-order valence-corrected chi connectivity index (χ3v) is 4.40. The number of para-hydroxylation sites is 2. The SMILES string of the molecule is O=c1[nH]c(CCCCc2nc3ccccc3c(=O)[nH]2)nc2ccccc12. The molecule has 4 aromatic rings. The molecule has 2 N–H and O–H groups in total. The number of fused-ring (bicyclic) bond motifs is 2. The Bertz CT molecular complexity index is 1100. The lowest BCUT2D eigenvalue weighted by Gasteiger charge is -2.04. The van der Waals surface area contributed by atoms with Gasteiger partial charge < -0.3 is 9.97 Å². The lowest BCUT2D eigenvalue weighted by Crippen LogP contribution is -2.13. The van der Waals surface area contributed by atoms with E-state index >= 15 is 0 Å². The second-order valence-electron chi connectivity index (χ2n) is 6.27. The standard InChI is InChI=1S/C20H18N4O2/c25-19-13-7-1-3-9-15(13)21-17(23-19)11-5-6-12-18-22-16-10-4-2-8-14(16)20(26)24-18/h1-4,7-10H,5-6,11-12H2,(H,21,23,25)(H,22,24,26). The lowest BCUT2D eigenvalue weighted by atomic mass is 10.1. The quantitative estimate of drug-likeness (QED) is 0.544. The number of rotatable bonds is 5. The first kappa shape index (κ1) is 16.2. The first-order valence-electron chi connectivity index (χ1n) is 8.66. The van der Waals surface area contributed by atoms with Gasteiger partial charge in [0.1, 0.15) is 11.6 Å². The molecule has 26 heavy (non-hydrogen) atoms. The van der Waals surface area contributed by atoms with Crippen molar-refractivity contribution in [2.45, 2.75) is 25.7 Å². The number of unbranched alkanes of at least 4 members (excludes halogenated alkanes) is 1. The molecule has 0 radical (unpaired) electrons. The number of nitrogens with one attached hydrogen (secondary N) is 2. The van der Waals surface area contributed by atoms with Crippen molar-refractivity contribution in [1.82, 2.24) is 19.9 Å². The third-order valence-electron chi connectivity index (χ3n) is 4.40. The Morgan fingerprint density at radius 1 is 0.654 bits per heavy atom. The zero-order chi connectivity index (χ0) is 17.9. The molecule has 2 aromatic heterocycles. The molecule has 2 aromatic carbocycles. The fourth-order valence-corrected chi connectivity index (χ4v) is 3.09. The minimum absolute atomic E-state index is 0.105. The minimum atomic E-state index is -0.105. The Labute approximate surface area is 149 Å². The van der Waals surface area contributed by atoms with Gasteiger partial charge in [0.25, 0.3) is 11.1 Å². The van der Waals surface area contributed by atoms with Crippen molar-refractivity contribution >= 4 is 21.8 Å². The molecule has 0 fully saturated rings. The van der Waals surface area contributed by atoms with E-state index in [1.54, 1.807) is 12.1 Å². The zero-order valence-corrected chi connectivity index (χ0v) is 14.2. The van der Waals surface area contributed by atoms with E-state index in [9.17, 15) is 9.59 Å². The van der Waals surface area contributed by atoms with Crippen LogP contribution < -0.4 is 11.1 Å². The smallest absolute Gasteiger partial charge is 0.258 e.